The highest BCUT2D eigenvalue weighted by Gasteiger charge is 2.11. The molecule has 0 aliphatic rings. The maximum Gasteiger partial charge on any atom is 0.227 e. The van der Waals surface area contributed by atoms with E-state index in [1.807, 2.05) is 42.5 Å². The lowest BCUT2D eigenvalue weighted by molar-refractivity contribution is 0.619. The summed E-state index contributed by atoms with van der Waals surface area (Å²) >= 11 is 0. The maximum atomic E-state index is 5.94. The molecule has 0 atom stereocenters. The first-order valence-electron chi connectivity index (χ1n) is 7.99. The number of para-hydroxylation sites is 2. The molecule has 24 heavy (non-hydrogen) atoms. The van der Waals surface area contributed by atoms with Gasteiger partial charge in [-0.25, -0.2) is 4.98 Å². The molecule has 0 saturated heterocycles. The Morgan fingerprint density at radius 3 is 2.46 bits per heavy atom. The highest BCUT2D eigenvalue weighted by molar-refractivity contribution is 5.82. The van der Waals surface area contributed by atoms with E-state index in [1.165, 1.54) is 11.1 Å². The average Bonchev–Trinajstić information content (AvgIpc) is 3.05. The average molecular weight is 311 g/mol. The molecule has 116 valence electrons. The number of aryl methyl sites for hydroxylation is 1. The summed E-state index contributed by atoms with van der Waals surface area (Å²) in [4.78, 5) is 4.63. The van der Waals surface area contributed by atoms with Crippen molar-refractivity contribution >= 4 is 23.3 Å². The molecule has 4 aromatic rings. The van der Waals surface area contributed by atoms with Gasteiger partial charge in [0.05, 0.1) is 0 Å². The predicted molar refractivity (Wildman–Crippen MR) is 99.6 cm³/mol. The zero-order valence-electron chi connectivity index (χ0n) is 13.4. The van der Waals surface area contributed by atoms with Crippen molar-refractivity contribution in [2.75, 3.05) is 0 Å². The van der Waals surface area contributed by atoms with Gasteiger partial charge in [-0.15, -0.1) is 0 Å². The molecular formula is C22H17NO. The lowest BCUT2D eigenvalue weighted by atomic mass is 10.0. The third-order valence-corrected chi connectivity index (χ3v) is 3.99. The molecule has 0 amide bonds. The van der Waals surface area contributed by atoms with Gasteiger partial charge >= 0.3 is 0 Å². The summed E-state index contributed by atoms with van der Waals surface area (Å²) in [6.45, 7) is 2.09. The zero-order chi connectivity index (χ0) is 16.4. The molecule has 0 saturated carbocycles. The molecule has 0 aliphatic carbocycles. The number of aromatic nitrogens is 1. The van der Waals surface area contributed by atoms with Gasteiger partial charge in [0.1, 0.15) is 5.52 Å². The van der Waals surface area contributed by atoms with Crippen LogP contribution in [0.1, 0.15) is 16.7 Å². The van der Waals surface area contributed by atoms with Crippen LogP contribution >= 0.6 is 0 Å². The molecule has 0 N–H and O–H groups in total. The van der Waals surface area contributed by atoms with Crippen LogP contribution in [-0.2, 0) is 0 Å². The van der Waals surface area contributed by atoms with Gasteiger partial charge < -0.3 is 4.42 Å². The number of benzene rings is 3. The van der Waals surface area contributed by atoms with Crippen LogP contribution in [0.4, 0.5) is 0 Å². The first-order valence-corrected chi connectivity index (χ1v) is 7.99. The summed E-state index contributed by atoms with van der Waals surface area (Å²) in [5, 5.41) is 0. The summed E-state index contributed by atoms with van der Waals surface area (Å²) in [6.07, 6.45) is 4.23. The van der Waals surface area contributed by atoms with Gasteiger partial charge in [0.15, 0.2) is 5.58 Å². The predicted octanol–water partition coefficient (Wildman–Crippen LogP) is 5.97. The number of nitrogens with zero attached hydrogens (tertiary/aromatic N) is 1. The second-order valence-electron chi connectivity index (χ2n) is 5.82. The van der Waals surface area contributed by atoms with Crippen molar-refractivity contribution in [2.24, 2.45) is 0 Å². The number of rotatable bonds is 3. The molecule has 0 fully saturated rings. The molecule has 1 aromatic heterocycles. The molecule has 0 radical (unpaired) electrons. The molecule has 4 rings (SSSR count). The van der Waals surface area contributed by atoms with Crippen molar-refractivity contribution < 1.29 is 4.42 Å². The smallest absolute Gasteiger partial charge is 0.227 e. The van der Waals surface area contributed by atoms with Gasteiger partial charge in [-0.1, -0.05) is 72.3 Å². The van der Waals surface area contributed by atoms with Crippen LogP contribution in [-0.4, -0.2) is 4.98 Å². The van der Waals surface area contributed by atoms with E-state index in [-0.39, 0.29) is 0 Å². The van der Waals surface area contributed by atoms with Crippen molar-refractivity contribution in [1.82, 2.24) is 4.98 Å². The normalized spacial score (nSPS) is 11.4. The van der Waals surface area contributed by atoms with E-state index in [9.17, 15) is 0 Å². The molecule has 0 unspecified atom stereocenters. The van der Waals surface area contributed by atoms with Crippen molar-refractivity contribution in [3.05, 3.63) is 89.5 Å². The van der Waals surface area contributed by atoms with Crippen LogP contribution in [0.25, 0.3) is 34.7 Å². The summed E-state index contributed by atoms with van der Waals surface area (Å²) < 4.78 is 5.94. The minimum absolute atomic E-state index is 0.656. The van der Waals surface area contributed by atoms with Gasteiger partial charge in [0.25, 0.3) is 0 Å². The second kappa shape index (κ2) is 6.17. The quantitative estimate of drug-likeness (QED) is 0.435. The van der Waals surface area contributed by atoms with E-state index in [0.717, 1.165) is 22.2 Å². The van der Waals surface area contributed by atoms with Gasteiger partial charge in [-0.2, -0.15) is 0 Å². The Bertz CT molecular complexity index is 980. The van der Waals surface area contributed by atoms with E-state index in [2.05, 4.69) is 54.4 Å². The van der Waals surface area contributed by atoms with E-state index in [1.54, 1.807) is 0 Å². The van der Waals surface area contributed by atoms with E-state index in [4.69, 9.17) is 4.42 Å². The van der Waals surface area contributed by atoms with Crippen LogP contribution in [0.5, 0.6) is 0 Å². The van der Waals surface area contributed by atoms with Gasteiger partial charge in [-0.3, -0.25) is 0 Å². The highest BCUT2D eigenvalue weighted by Crippen LogP contribution is 2.29. The largest absolute Gasteiger partial charge is 0.436 e. The highest BCUT2D eigenvalue weighted by atomic mass is 16.3. The molecule has 0 bridgehead atoms. The van der Waals surface area contributed by atoms with Crippen LogP contribution in [0.3, 0.4) is 0 Å². The molecule has 1 heterocycles. The Kier molecular flexibility index (Phi) is 3.72. The van der Waals surface area contributed by atoms with Gasteiger partial charge in [0.2, 0.25) is 5.89 Å². The lowest BCUT2D eigenvalue weighted by Crippen LogP contribution is -1.85. The molecule has 0 aliphatic heterocycles. The Morgan fingerprint density at radius 2 is 1.62 bits per heavy atom. The van der Waals surface area contributed by atoms with Crippen LogP contribution in [0.2, 0.25) is 0 Å². The summed E-state index contributed by atoms with van der Waals surface area (Å²) in [7, 11) is 0. The Morgan fingerprint density at radius 1 is 0.833 bits per heavy atom. The van der Waals surface area contributed by atoms with Crippen molar-refractivity contribution in [3.63, 3.8) is 0 Å². The molecule has 0 spiro atoms. The Balaban J connectivity index is 1.79. The minimum Gasteiger partial charge on any atom is -0.436 e. The van der Waals surface area contributed by atoms with Crippen molar-refractivity contribution in [3.8, 4) is 11.5 Å². The van der Waals surface area contributed by atoms with E-state index >= 15 is 0 Å². The first-order chi connectivity index (χ1) is 11.8. The monoisotopic (exact) mass is 311 g/mol. The third-order valence-electron chi connectivity index (χ3n) is 3.99. The second-order valence-corrected chi connectivity index (χ2v) is 5.82. The Hall–Kier alpha value is -3.13. The van der Waals surface area contributed by atoms with Crippen molar-refractivity contribution in [1.29, 1.82) is 0 Å². The van der Waals surface area contributed by atoms with Crippen LogP contribution in [0, 0.1) is 6.92 Å². The van der Waals surface area contributed by atoms with E-state index in [0.29, 0.717) is 5.89 Å². The first kappa shape index (κ1) is 14.5. The third kappa shape index (κ3) is 2.86. The number of hydrogen-bond donors (Lipinski definition) is 0. The lowest BCUT2D eigenvalue weighted by Gasteiger charge is -2.04. The maximum absolute atomic E-state index is 5.94. The molecule has 2 nitrogen and oxygen atoms in total. The van der Waals surface area contributed by atoms with E-state index < -0.39 is 0 Å². The fourth-order valence-electron chi connectivity index (χ4n) is 2.75. The molecular weight excluding hydrogens is 294 g/mol. The summed E-state index contributed by atoms with van der Waals surface area (Å²) in [5.74, 6) is 0.656. The summed E-state index contributed by atoms with van der Waals surface area (Å²) in [6, 6.07) is 24.4. The zero-order valence-corrected chi connectivity index (χ0v) is 13.4. The fourth-order valence-corrected chi connectivity index (χ4v) is 2.75. The Labute approximate surface area is 141 Å². The summed E-state index contributed by atoms with van der Waals surface area (Å²) in [5.41, 5.74) is 6.18. The molecule has 2 heteroatoms. The van der Waals surface area contributed by atoms with Crippen molar-refractivity contribution in [2.45, 2.75) is 6.92 Å². The topological polar surface area (TPSA) is 26.0 Å². The SMILES string of the molecule is Cc1ccc(-c2nc3ccccc3o2)c(C=Cc2ccccc2)c1. The van der Waals surface area contributed by atoms with Gasteiger partial charge in [0, 0.05) is 5.56 Å². The minimum atomic E-state index is 0.656. The standard InChI is InChI=1S/C22H17NO/c1-16-11-14-19(22-23-20-9-5-6-10-21(20)24-22)18(15-16)13-12-17-7-3-2-4-8-17/h2-15H,1H3. The van der Waals surface area contributed by atoms with Gasteiger partial charge in [-0.05, 0) is 36.2 Å². The molecule has 3 aromatic carbocycles. The van der Waals surface area contributed by atoms with Crippen LogP contribution < -0.4 is 0 Å². The number of hydrogen-bond acceptors (Lipinski definition) is 2. The fraction of sp³-hybridized carbons (Fsp3) is 0.0455. The van der Waals surface area contributed by atoms with Crippen LogP contribution in [0.15, 0.2) is 77.2 Å². The number of oxazole rings is 1. The number of fused-ring (bicyclic) bond motifs is 1.